The van der Waals surface area contributed by atoms with Gasteiger partial charge in [0, 0.05) is 0 Å². The van der Waals surface area contributed by atoms with Crippen LogP contribution in [0, 0.1) is 16.7 Å². The van der Waals surface area contributed by atoms with E-state index in [1.54, 1.807) is 0 Å². The molecule has 0 spiro atoms. The Morgan fingerprint density at radius 1 is 0.857 bits per heavy atom. The Kier molecular flexibility index (Phi) is 7.57. The average Bonchev–Trinajstić information content (AvgIpc) is 2.22. The summed E-state index contributed by atoms with van der Waals surface area (Å²) in [6.07, 6.45) is 9.26. The molecule has 0 aliphatic rings. The van der Waals surface area contributed by atoms with Gasteiger partial charge in [0.05, 0.1) is 11.5 Å². The van der Waals surface area contributed by atoms with E-state index in [4.69, 9.17) is 0 Å². The normalized spacial score (nSPS) is 11.3. The molecule has 0 atom stereocenters. The van der Waals surface area contributed by atoms with E-state index in [1.165, 1.54) is 25.7 Å². The number of nitriles is 1. The molecule has 0 saturated heterocycles. The Morgan fingerprint density at radius 2 is 1.36 bits per heavy atom. The molecule has 0 aromatic rings. The second-order valence-electron chi connectivity index (χ2n) is 4.35. The number of nitrogens with zero attached hydrogens (tertiary/aromatic N) is 1. The second kappa shape index (κ2) is 7.85. The predicted octanol–water partition coefficient (Wildman–Crippen LogP) is 4.68. The lowest BCUT2D eigenvalue weighted by Crippen LogP contribution is -2.18. The molecule has 14 heavy (non-hydrogen) atoms. The molecule has 0 radical (unpaired) electrons. The topological polar surface area (TPSA) is 23.8 Å². The van der Waals surface area contributed by atoms with E-state index in [1.807, 2.05) is 0 Å². The molecule has 1 nitrogen and oxygen atoms in total. The minimum Gasteiger partial charge on any atom is -0.198 e. The maximum atomic E-state index is 9.31. The molecule has 0 aliphatic heterocycles. The zero-order valence-electron chi connectivity index (χ0n) is 10.1. The summed E-state index contributed by atoms with van der Waals surface area (Å²) in [5.41, 5.74) is 0.000764. The van der Waals surface area contributed by atoms with Gasteiger partial charge in [-0.3, -0.25) is 0 Å². The number of hydrogen-bond donors (Lipinski definition) is 0. The van der Waals surface area contributed by atoms with Gasteiger partial charge in [-0.15, -0.1) is 0 Å². The van der Waals surface area contributed by atoms with Gasteiger partial charge in [-0.1, -0.05) is 52.9 Å². The molecular formula is C13H25N. The van der Waals surface area contributed by atoms with Crippen molar-refractivity contribution in [2.24, 2.45) is 5.41 Å². The molecular weight excluding hydrogens is 170 g/mol. The molecule has 0 rings (SSSR count). The molecule has 0 fully saturated rings. The second-order valence-corrected chi connectivity index (χ2v) is 4.35. The lowest BCUT2D eigenvalue weighted by molar-refractivity contribution is 0.288. The van der Waals surface area contributed by atoms with Crippen molar-refractivity contribution >= 4 is 0 Å². The maximum absolute atomic E-state index is 9.31. The first-order valence-corrected chi connectivity index (χ1v) is 6.16. The molecule has 0 N–H and O–H groups in total. The van der Waals surface area contributed by atoms with E-state index in [-0.39, 0.29) is 5.41 Å². The molecule has 0 heterocycles. The van der Waals surface area contributed by atoms with E-state index in [2.05, 4.69) is 26.8 Å². The summed E-state index contributed by atoms with van der Waals surface area (Å²) in [5, 5.41) is 9.31. The molecule has 0 aromatic carbocycles. The highest BCUT2D eigenvalue weighted by Crippen LogP contribution is 2.35. The van der Waals surface area contributed by atoms with Crippen molar-refractivity contribution in [1.29, 1.82) is 5.26 Å². The largest absolute Gasteiger partial charge is 0.198 e. The third-order valence-electron chi connectivity index (χ3n) is 2.98. The zero-order valence-corrected chi connectivity index (χ0v) is 10.1. The van der Waals surface area contributed by atoms with Crippen LogP contribution in [0.2, 0.25) is 0 Å². The van der Waals surface area contributed by atoms with Crippen molar-refractivity contribution in [3.05, 3.63) is 0 Å². The number of hydrogen-bond acceptors (Lipinski definition) is 1. The van der Waals surface area contributed by atoms with Gasteiger partial charge in [0.15, 0.2) is 0 Å². The fourth-order valence-electron chi connectivity index (χ4n) is 2.05. The molecule has 1 heteroatoms. The van der Waals surface area contributed by atoms with Crippen molar-refractivity contribution in [2.75, 3.05) is 0 Å². The minimum atomic E-state index is 0.000764. The van der Waals surface area contributed by atoms with E-state index >= 15 is 0 Å². The Hall–Kier alpha value is -0.510. The van der Waals surface area contributed by atoms with Gasteiger partial charge in [-0.25, -0.2) is 0 Å². The first kappa shape index (κ1) is 13.5. The summed E-state index contributed by atoms with van der Waals surface area (Å²) in [7, 11) is 0. The fourth-order valence-corrected chi connectivity index (χ4v) is 2.05. The van der Waals surface area contributed by atoms with Crippen LogP contribution in [0.15, 0.2) is 0 Å². The van der Waals surface area contributed by atoms with Gasteiger partial charge in [0.25, 0.3) is 0 Å². The quantitative estimate of drug-likeness (QED) is 0.552. The van der Waals surface area contributed by atoms with Crippen LogP contribution in [0.4, 0.5) is 0 Å². The van der Waals surface area contributed by atoms with E-state index in [0.717, 1.165) is 25.7 Å². The Balaban J connectivity index is 4.21. The van der Waals surface area contributed by atoms with Crippen molar-refractivity contribution in [3.63, 3.8) is 0 Å². The first-order chi connectivity index (χ1) is 6.74. The van der Waals surface area contributed by atoms with Crippen LogP contribution in [-0.4, -0.2) is 0 Å². The maximum Gasteiger partial charge on any atom is 0.0689 e. The molecule has 0 bridgehead atoms. The standard InChI is InChI=1S/C13H25N/c1-4-7-10-13(12-14,9-6-3)11-8-5-2/h4-11H2,1-3H3. The van der Waals surface area contributed by atoms with Crippen LogP contribution in [0.25, 0.3) is 0 Å². The summed E-state index contributed by atoms with van der Waals surface area (Å²) in [6.45, 7) is 6.59. The highest BCUT2D eigenvalue weighted by Gasteiger charge is 2.27. The van der Waals surface area contributed by atoms with Crippen molar-refractivity contribution in [2.45, 2.75) is 72.1 Å². The lowest BCUT2D eigenvalue weighted by atomic mass is 9.76. The lowest BCUT2D eigenvalue weighted by Gasteiger charge is -2.25. The monoisotopic (exact) mass is 195 g/mol. The molecule has 0 aromatic heterocycles. The minimum absolute atomic E-state index is 0.000764. The predicted molar refractivity (Wildman–Crippen MR) is 62.0 cm³/mol. The van der Waals surface area contributed by atoms with Crippen LogP contribution in [0.5, 0.6) is 0 Å². The molecule has 0 amide bonds. The third kappa shape index (κ3) is 4.65. The number of unbranched alkanes of at least 4 members (excludes halogenated alkanes) is 2. The van der Waals surface area contributed by atoms with Crippen LogP contribution in [-0.2, 0) is 0 Å². The number of rotatable bonds is 8. The Labute approximate surface area is 89.5 Å². The summed E-state index contributed by atoms with van der Waals surface area (Å²) in [5.74, 6) is 0. The van der Waals surface area contributed by atoms with Gasteiger partial charge >= 0.3 is 0 Å². The molecule has 82 valence electrons. The van der Waals surface area contributed by atoms with Gasteiger partial charge in [-0.2, -0.15) is 5.26 Å². The van der Waals surface area contributed by atoms with Gasteiger partial charge in [-0.05, 0) is 19.3 Å². The van der Waals surface area contributed by atoms with Crippen LogP contribution in [0.3, 0.4) is 0 Å². The van der Waals surface area contributed by atoms with Gasteiger partial charge in [0.2, 0.25) is 0 Å². The van der Waals surface area contributed by atoms with Crippen LogP contribution < -0.4 is 0 Å². The molecule has 0 aliphatic carbocycles. The SMILES string of the molecule is CCCCC(C#N)(CCC)CCCC. The molecule has 0 unspecified atom stereocenters. The fraction of sp³-hybridized carbons (Fsp3) is 0.923. The van der Waals surface area contributed by atoms with Crippen LogP contribution >= 0.6 is 0 Å². The highest BCUT2D eigenvalue weighted by atomic mass is 14.4. The van der Waals surface area contributed by atoms with Gasteiger partial charge < -0.3 is 0 Å². The summed E-state index contributed by atoms with van der Waals surface area (Å²) in [6, 6.07) is 2.59. The summed E-state index contributed by atoms with van der Waals surface area (Å²) in [4.78, 5) is 0. The third-order valence-corrected chi connectivity index (χ3v) is 2.98. The Bertz CT molecular complexity index is 159. The van der Waals surface area contributed by atoms with Crippen molar-refractivity contribution in [3.8, 4) is 6.07 Å². The van der Waals surface area contributed by atoms with Crippen LogP contribution in [0.1, 0.15) is 72.1 Å². The summed E-state index contributed by atoms with van der Waals surface area (Å²) < 4.78 is 0. The highest BCUT2D eigenvalue weighted by molar-refractivity contribution is 4.98. The van der Waals surface area contributed by atoms with E-state index < -0.39 is 0 Å². The first-order valence-electron chi connectivity index (χ1n) is 6.16. The van der Waals surface area contributed by atoms with E-state index in [9.17, 15) is 5.26 Å². The zero-order chi connectivity index (χ0) is 10.9. The average molecular weight is 195 g/mol. The Morgan fingerprint density at radius 3 is 1.64 bits per heavy atom. The van der Waals surface area contributed by atoms with Crippen molar-refractivity contribution < 1.29 is 0 Å². The summed E-state index contributed by atoms with van der Waals surface area (Å²) >= 11 is 0. The van der Waals surface area contributed by atoms with Crippen molar-refractivity contribution in [1.82, 2.24) is 0 Å². The van der Waals surface area contributed by atoms with E-state index in [0.29, 0.717) is 0 Å². The smallest absolute Gasteiger partial charge is 0.0689 e. The van der Waals surface area contributed by atoms with Gasteiger partial charge in [0.1, 0.15) is 0 Å². The molecule has 0 saturated carbocycles.